The second-order valence-electron chi connectivity index (χ2n) is 6.04. The fraction of sp³-hybridized carbons (Fsp3) is 0.167. The molecule has 0 atom stereocenters. The maximum absolute atomic E-state index is 12.5. The molecule has 1 saturated heterocycles. The summed E-state index contributed by atoms with van der Waals surface area (Å²) in [6, 6.07) is 16.4. The number of amides is 3. The molecular weight excluding hydrogens is 346 g/mol. The van der Waals surface area contributed by atoms with Crippen molar-refractivity contribution in [2.24, 2.45) is 0 Å². The van der Waals surface area contributed by atoms with Crippen molar-refractivity contribution in [2.45, 2.75) is 0 Å². The van der Waals surface area contributed by atoms with Crippen LogP contribution in [0.25, 0.3) is 5.69 Å². The van der Waals surface area contributed by atoms with Crippen LogP contribution < -0.4 is 10.2 Å². The molecule has 1 aliphatic rings. The van der Waals surface area contributed by atoms with Crippen molar-refractivity contribution < 1.29 is 9.59 Å². The van der Waals surface area contributed by atoms with Crippen molar-refractivity contribution in [3.05, 3.63) is 60.9 Å². The maximum Gasteiger partial charge on any atom is 0.325 e. The Labute approximate surface area is 155 Å². The Kier molecular flexibility index (Phi) is 4.48. The Morgan fingerprint density at radius 3 is 2.48 bits per heavy atom. The number of carbonyl (C=O) groups excluding carboxylic acids is 2. The van der Waals surface area contributed by atoms with Gasteiger partial charge in [-0.25, -0.2) is 9.48 Å². The van der Waals surface area contributed by atoms with E-state index in [4.69, 9.17) is 0 Å². The van der Waals surface area contributed by atoms with Crippen LogP contribution in [0.3, 0.4) is 0 Å². The van der Waals surface area contributed by atoms with E-state index in [0.29, 0.717) is 18.8 Å². The number of urea groups is 1. The van der Waals surface area contributed by atoms with Crippen LogP contribution in [-0.2, 0) is 4.79 Å². The normalized spacial score (nSPS) is 13.9. The number of benzene rings is 2. The molecule has 2 heterocycles. The van der Waals surface area contributed by atoms with Gasteiger partial charge in [0.2, 0.25) is 5.91 Å². The second-order valence-corrected chi connectivity index (χ2v) is 6.04. The molecule has 3 aromatic rings. The van der Waals surface area contributed by atoms with Crippen LogP contribution in [-0.4, -0.2) is 56.7 Å². The molecule has 136 valence electrons. The molecular formula is C18H17N7O2. The first-order chi connectivity index (χ1) is 13.2. The van der Waals surface area contributed by atoms with E-state index in [1.54, 1.807) is 29.2 Å². The lowest BCUT2D eigenvalue weighted by Gasteiger charge is -2.18. The third kappa shape index (κ3) is 3.61. The number of nitrogens with one attached hydrogen (secondary N) is 1. The molecule has 1 fully saturated rings. The Bertz CT molecular complexity index is 926. The van der Waals surface area contributed by atoms with Gasteiger partial charge >= 0.3 is 6.03 Å². The lowest BCUT2D eigenvalue weighted by molar-refractivity contribution is -0.116. The zero-order valence-electron chi connectivity index (χ0n) is 14.4. The van der Waals surface area contributed by atoms with E-state index in [1.807, 2.05) is 30.3 Å². The number of aromatic nitrogens is 4. The highest BCUT2D eigenvalue weighted by Gasteiger charge is 2.30. The summed E-state index contributed by atoms with van der Waals surface area (Å²) in [6.45, 7) is 1.09. The molecule has 1 aliphatic heterocycles. The van der Waals surface area contributed by atoms with Crippen LogP contribution in [0.1, 0.15) is 0 Å². The average Bonchev–Trinajstić information content (AvgIpc) is 3.34. The zero-order valence-corrected chi connectivity index (χ0v) is 14.4. The van der Waals surface area contributed by atoms with E-state index in [1.165, 1.54) is 15.9 Å². The second kappa shape index (κ2) is 7.24. The van der Waals surface area contributed by atoms with Crippen molar-refractivity contribution in [1.82, 2.24) is 25.1 Å². The fourth-order valence-corrected chi connectivity index (χ4v) is 2.93. The summed E-state index contributed by atoms with van der Waals surface area (Å²) in [5.41, 5.74) is 2.26. The lowest BCUT2D eigenvalue weighted by Crippen LogP contribution is -2.37. The van der Waals surface area contributed by atoms with Crippen LogP contribution >= 0.6 is 0 Å². The summed E-state index contributed by atoms with van der Waals surface area (Å²) >= 11 is 0. The topological polar surface area (TPSA) is 96.2 Å². The number of hydrogen-bond acceptors (Lipinski definition) is 5. The molecule has 0 bridgehead atoms. The minimum absolute atomic E-state index is 0.0108. The first-order valence-electron chi connectivity index (χ1n) is 8.45. The smallest absolute Gasteiger partial charge is 0.325 e. The van der Waals surface area contributed by atoms with Gasteiger partial charge in [-0.2, -0.15) is 0 Å². The minimum atomic E-state index is -0.242. The van der Waals surface area contributed by atoms with Crippen molar-refractivity contribution in [2.75, 3.05) is 29.9 Å². The number of hydrogen-bond donors (Lipinski definition) is 1. The van der Waals surface area contributed by atoms with E-state index in [-0.39, 0.29) is 18.5 Å². The molecule has 9 nitrogen and oxygen atoms in total. The average molecular weight is 363 g/mol. The highest BCUT2D eigenvalue weighted by molar-refractivity contribution is 5.99. The minimum Gasteiger partial charge on any atom is -0.325 e. The Hall–Kier alpha value is -3.75. The van der Waals surface area contributed by atoms with Crippen LogP contribution in [0.4, 0.5) is 16.2 Å². The molecule has 3 amide bonds. The molecule has 0 aliphatic carbocycles. The highest BCUT2D eigenvalue weighted by atomic mass is 16.2. The van der Waals surface area contributed by atoms with Gasteiger partial charge < -0.3 is 10.2 Å². The molecule has 1 N–H and O–H groups in total. The predicted octanol–water partition coefficient (Wildman–Crippen LogP) is 1.54. The molecule has 0 unspecified atom stereocenters. The van der Waals surface area contributed by atoms with Gasteiger partial charge in [-0.15, -0.1) is 5.10 Å². The maximum atomic E-state index is 12.5. The highest BCUT2D eigenvalue weighted by Crippen LogP contribution is 2.19. The van der Waals surface area contributed by atoms with Gasteiger partial charge in [-0.05, 0) is 46.8 Å². The molecule has 1 aromatic heterocycles. The molecule has 2 aromatic carbocycles. The van der Waals surface area contributed by atoms with Crippen molar-refractivity contribution in [3.63, 3.8) is 0 Å². The molecule has 0 radical (unpaired) electrons. The van der Waals surface area contributed by atoms with E-state index >= 15 is 0 Å². The van der Waals surface area contributed by atoms with Gasteiger partial charge in [0, 0.05) is 24.5 Å². The number of rotatable bonds is 5. The van der Waals surface area contributed by atoms with Crippen LogP contribution in [0, 0.1) is 0 Å². The molecule has 0 saturated carbocycles. The summed E-state index contributed by atoms with van der Waals surface area (Å²) in [5.74, 6) is -0.242. The van der Waals surface area contributed by atoms with Gasteiger partial charge in [-0.3, -0.25) is 9.69 Å². The Morgan fingerprint density at radius 1 is 1.00 bits per heavy atom. The van der Waals surface area contributed by atoms with Crippen LogP contribution in [0.2, 0.25) is 0 Å². The van der Waals surface area contributed by atoms with Gasteiger partial charge in [0.1, 0.15) is 12.9 Å². The number of nitrogens with zero attached hydrogens (tertiary/aromatic N) is 6. The van der Waals surface area contributed by atoms with E-state index < -0.39 is 0 Å². The van der Waals surface area contributed by atoms with Gasteiger partial charge in [0.25, 0.3) is 0 Å². The van der Waals surface area contributed by atoms with Crippen molar-refractivity contribution in [3.8, 4) is 5.69 Å². The summed E-state index contributed by atoms with van der Waals surface area (Å²) in [5, 5.41) is 13.8. The van der Waals surface area contributed by atoms with Crippen molar-refractivity contribution in [1.29, 1.82) is 0 Å². The molecule has 4 rings (SSSR count). The van der Waals surface area contributed by atoms with Crippen LogP contribution in [0.5, 0.6) is 0 Å². The standard InChI is InChI=1S/C18H17N7O2/c26-17(20-14-6-8-16(9-7-14)25-13-19-21-22-25)12-23-10-11-24(18(23)27)15-4-2-1-3-5-15/h1-9,13H,10-12H2,(H,20,26). The zero-order chi connectivity index (χ0) is 18.6. The monoisotopic (exact) mass is 363 g/mol. The number of tetrazole rings is 1. The number of anilines is 2. The molecule has 9 heteroatoms. The third-order valence-electron chi connectivity index (χ3n) is 4.26. The summed E-state index contributed by atoms with van der Waals surface area (Å²) in [4.78, 5) is 28.0. The SMILES string of the molecule is O=C(CN1CCN(c2ccccc2)C1=O)Nc1ccc(-n2cnnn2)cc1. The third-order valence-corrected chi connectivity index (χ3v) is 4.26. The van der Waals surface area contributed by atoms with Crippen LogP contribution in [0.15, 0.2) is 60.9 Å². The largest absolute Gasteiger partial charge is 0.325 e. The van der Waals surface area contributed by atoms with E-state index in [2.05, 4.69) is 20.8 Å². The van der Waals surface area contributed by atoms with Gasteiger partial charge in [0.15, 0.2) is 0 Å². The summed E-state index contributed by atoms with van der Waals surface area (Å²) in [6.07, 6.45) is 1.49. The fourth-order valence-electron chi connectivity index (χ4n) is 2.93. The lowest BCUT2D eigenvalue weighted by atomic mass is 10.3. The van der Waals surface area contributed by atoms with E-state index in [0.717, 1.165) is 11.4 Å². The number of carbonyl (C=O) groups is 2. The number of para-hydroxylation sites is 1. The predicted molar refractivity (Wildman–Crippen MR) is 98.5 cm³/mol. The molecule has 0 spiro atoms. The quantitative estimate of drug-likeness (QED) is 0.742. The first-order valence-corrected chi connectivity index (χ1v) is 8.45. The van der Waals surface area contributed by atoms with E-state index in [9.17, 15) is 9.59 Å². The Balaban J connectivity index is 1.35. The Morgan fingerprint density at radius 2 is 1.78 bits per heavy atom. The van der Waals surface area contributed by atoms with Gasteiger partial charge in [-0.1, -0.05) is 18.2 Å². The van der Waals surface area contributed by atoms with Gasteiger partial charge in [0.05, 0.1) is 5.69 Å². The first kappa shape index (κ1) is 16.7. The summed E-state index contributed by atoms with van der Waals surface area (Å²) in [7, 11) is 0. The summed E-state index contributed by atoms with van der Waals surface area (Å²) < 4.78 is 1.52. The molecule has 27 heavy (non-hydrogen) atoms. The van der Waals surface area contributed by atoms with Crippen molar-refractivity contribution >= 4 is 23.3 Å².